The van der Waals surface area contributed by atoms with Crippen LogP contribution in [0.3, 0.4) is 0 Å². The van der Waals surface area contributed by atoms with Gasteiger partial charge in [0, 0.05) is 43.2 Å². The summed E-state index contributed by atoms with van der Waals surface area (Å²) in [5, 5.41) is 0. The van der Waals surface area contributed by atoms with Crippen LogP contribution in [0.4, 0.5) is 0 Å². The van der Waals surface area contributed by atoms with Crippen molar-refractivity contribution in [3.63, 3.8) is 0 Å². The van der Waals surface area contributed by atoms with Crippen molar-refractivity contribution in [3.05, 3.63) is 34.9 Å². The number of hydrogen-bond acceptors (Lipinski definition) is 4. The van der Waals surface area contributed by atoms with E-state index >= 15 is 0 Å². The van der Waals surface area contributed by atoms with Gasteiger partial charge in [0.2, 0.25) is 5.91 Å². The van der Waals surface area contributed by atoms with Gasteiger partial charge in [-0.15, -0.1) is 0 Å². The SMILES string of the molecule is CCC(CC)C(=O)N1CCCN(C(=O)c2ccc3c(c2)C(=O)N(C(C)(C)C)C3=O)CC1. The van der Waals surface area contributed by atoms with Crippen molar-refractivity contribution in [2.45, 2.75) is 59.4 Å². The maximum absolute atomic E-state index is 13.2. The molecule has 0 N–H and O–H groups in total. The van der Waals surface area contributed by atoms with E-state index in [9.17, 15) is 19.2 Å². The summed E-state index contributed by atoms with van der Waals surface area (Å²) in [6.07, 6.45) is 2.36. The first-order valence-electron chi connectivity index (χ1n) is 11.2. The fraction of sp³-hybridized carbons (Fsp3) is 0.583. The smallest absolute Gasteiger partial charge is 0.262 e. The first-order valence-corrected chi connectivity index (χ1v) is 11.2. The lowest BCUT2D eigenvalue weighted by Gasteiger charge is -2.29. The number of amides is 4. The van der Waals surface area contributed by atoms with Crippen molar-refractivity contribution >= 4 is 23.6 Å². The molecule has 1 aromatic carbocycles. The molecule has 7 nitrogen and oxygen atoms in total. The molecular formula is C24H33N3O4. The lowest BCUT2D eigenvalue weighted by Crippen LogP contribution is -2.45. The van der Waals surface area contributed by atoms with Gasteiger partial charge in [-0.05, 0) is 58.2 Å². The van der Waals surface area contributed by atoms with Crippen LogP contribution in [0.5, 0.6) is 0 Å². The molecule has 2 aliphatic rings. The number of rotatable bonds is 4. The van der Waals surface area contributed by atoms with E-state index in [-0.39, 0.29) is 35.1 Å². The first kappa shape index (κ1) is 23.0. The summed E-state index contributed by atoms with van der Waals surface area (Å²) in [6, 6.07) is 4.74. The van der Waals surface area contributed by atoms with Crippen LogP contribution in [0.1, 0.15) is 85.0 Å². The summed E-state index contributed by atoms with van der Waals surface area (Å²) in [7, 11) is 0. The third-order valence-electron chi connectivity index (χ3n) is 6.23. The molecule has 31 heavy (non-hydrogen) atoms. The Kier molecular flexibility index (Phi) is 6.53. The number of imide groups is 1. The summed E-state index contributed by atoms with van der Waals surface area (Å²) >= 11 is 0. The van der Waals surface area contributed by atoms with Crippen molar-refractivity contribution in [1.82, 2.24) is 14.7 Å². The van der Waals surface area contributed by atoms with Crippen molar-refractivity contribution in [3.8, 4) is 0 Å². The zero-order valence-corrected chi connectivity index (χ0v) is 19.2. The molecule has 0 atom stereocenters. The Bertz CT molecular complexity index is 899. The minimum Gasteiger partial charge on any atom is -0.341 e. The molecule has 168 valence electrons. The van der Waals surface area contributed by atoms with Gasteiger partial charge < -0.3 is 9.80 Å². The van der Waals surface area contributed by atoms with Gasteiger partial charge in [0.1, 0.15) is 0 Å². The topological polar surface area (TPSA) is 78.0 Å². The maximum Gasteiger partial charge on any atom is 0.262 e. The predicted octanol–water partition coefficient (Wildman–Crippen LogP) is 3.19. The highest BCUT2D eigenvalue weighted by molar-refractivity contribution is 6.22. The lowest BCUT2D eigenvalue weighted by atomic mass is 10.0. The quantitative estimate of drug-likeness (QED) is 0.692. The lowest BCUT2D eigenvalue weighted by molar-refractivity contribution is -0.135. The molecule has 0 spiro atoms. The molecule has 1 aromatic rings. The molecule has 0 aromatic heterocycles. The minimum atomic E-state index is -0.632. The number of carbonyl (C=O) groups is 4. The Balaban J connectivity index is 1.75. The largest absolute Gasteiger partial charge is 0.341 e. The Morgan fingerprint density at radius 1 is 0.903 bits per heavy atom. The van der Waals surface area contributed by atoms with Crippen molar-refractivity contribution in [1.29, 1.82) is 0 Å². The summed E-state index contributed by atoms with van der Waals surface area (Å²) in [5.41, 5.74) is 0.392. The Labute approximate surface area is 184 Å². The average Bonchev–Trinajstić information content (AvgIpc) is 2.88. The summed E-state index contributed by atoms with van der Waals surface area (Å²) in [4.78, 5) is 56.2. The third kappa shape index (κ3) is 4.36. The van der Waals surface area contributed by atoms with Gasteiger partial charge in [0.15, 0.2) is 0 Å². The highest BCUT2D eigenvalue weighted by Gasteiger charge is 2.42. The second-order valence-electron chi connectivity index (χ2n) is 9.36. The van der Waals surface area contributed by atoms with Gasteiger partial charge in [0.25, 0.3) is 17.7 Å². The summed E-state index contributed by atoms with van der Waals surface area (Å²) < 4.78 is 0. The molecule has 0 bridgehead atoms. The van der Waals surface area contributed by atoms with Crippen LogP contribution in [0.2, 0.25) is 0 Å². The van der Waals surface area contributed by atoms with E-state index in [1.807, 2.05) is 39.5 Å². The van der Waals surface area contributed by atoms with Crippen LogP contribution in [0.25, 0.3) is 0 Å². The van der Waals surface area contributed by atoms with Crippen LogP contribution < -0.4 is 0 Å². The molecule has 2 heterocycles. The second kappa shape index (κ2) is 8.81. The standard InChI is InChI=1S/C24H33N3O4/c1-6-16(7-2)20(28)25-11-8-12-26(14-13-25)21(29)17-9-10-18-19(15-17)23(31)27(22(18)30)24(3,4)5/h9-10,15-16H,6-8,11-14H2,1-5H3. The Morgan fingerprint density at radius 3 is 2.10 bits per heavy atom. The number of hydrogen-bond donors (Lipinski definition) is 0. The predicted molar refractivity (Wildman–Crippen MR) is 118 cm³/mol. The maximum atomic E-state index is 13.2. The van der Waals surface area contributed by atoms with Gasteiger partial charge in [-0.2, -0.15) is 0 Å². The zero-order chi connectivity index (χ0) is 22.9. The van der Waals surface area contributed by atoms with Crippen molar-refractivity contribution in [2.24, 2.45) is 5.92 Å². The van der Waals surface area contributed by atoms with Crippen LogP contribution in [-0.4, -0.2) is 70.0 Å². The van der Waals surface area contributed by atoms with Crippen LogP contribution in [0.15, 0.2) is 18.2 Å². The monoisotopic (exact) mass is 427 g/mol. The van der Waals surface area contributed by atoms with Crippen LogP contribution in [0, 0.1) is 5.92 Å². The van der Waals surface area contributed by atoms with Gasteiger partial charge >= 0.3 is 0 Å². The molecule has 1 saturated heterocycles. The highest BCUT2D eigenvalue weighted by atomic mass is 16.2. The first-order chi connectivity index (χ1) is 14.6. The van der Waals surface area contributed by atoms with E-state index in [0.29, 0.717) is 37.3 Å². The molecule has 0 radical (unpaired) electrons. The number of fused-ring (bicyclic) bond motifs is 1. The summed E-state index contributed by atoms with van der Waals surface area (Å²) in [5.74, 6) is -0.651. The summed E-state index contributed by atoms with van der Waals surface area (Å²) in [6.45, 7) is 11.7. The molecule has 3 rings (SSSR count). The zero-order valence-electron chi connectivity index (χ0n) is 19.2. The van der Waals surface area contributed by atoms with Crippen LogP contribution in [-0.2, 0) is 4.79 Å². The van der Waals surface area contributed by atoms with E-state index in [2.05, 4.69) is 0 Å². The van der Waals surface area contributed by atoms with Crippen LogP contribution >= 0.6 is 0 Å². The van der Waals surface area contributed by atoms with Gasteiger partial charge in [-0.1, -0.05) is 13.8 Å². The molecule has 0 unspecified atom stereocenters. The van der Waals surface area contributed by atoms with E-state index in [4.69, 9.17) is 0 Å². The number of nitrogens with zero attached hydrogens (tertiary/aromatic N) is 3. The fourth-order valence-electron chi connectivity index (χ4n) is 4.40. The van der Waals surface area contributed by atoms with Gasteiger partial charge in [-0.25, -0.2) is 0 Å². The molecule has 7 heteroatoms. The molecule has 0 aliphatic carbocycles. The Morgan fingerprint density at radius 2 is 1.48 bits per heavy atom. The molecule has 2 aliphatic heterocycles. The fourth-order valence-corrected chi connectivity index (χ4v) is 4.40. The molecule has 4 amide bonds. The minimum absolute atomic E-state index is 0.0354. The van der Waals surface area contributed by atoms with Gasteiger partial charge in [0.05, 0.1) is 11.1 Å². The number of carbonyl (C=O) groups excluding carboxylic acids is 4. The molecular weight excluding hydrogens is 394 g/mol. The van der Waals surface area contributed by atoms with Crippen molar-refractivity contribution in [2.75, 3.05) is 26.2 Å². The van der Waals surface area contributed by atoms with E-state index in [1.165, 1.54) is 4.90 Å². The average molecular weight is 428 g/mol. The second-order valence-corrected chi connectivity index (χ2v) is 9.36. The van der Waals surface area contributed by atoms with E-state index in [1.54, 1.807) is 23.1 Å². The van der Waals surface area contributed by atoms with E-state index < -0.39 is 5.54 Å². The Hall–Kier alpha value is -2.70. The van der Waals surface area contributed by atoms with Gasteiger partial charge in [-0.3, -0.25) is 24.1 Å². The van der Waals surface area contributed by atoms with Crippen molar-refractivity contribution < 1.29 is 19.2 Å². The normalized spacial score (nSPS) is 17.3. The third-order valence-corrected chi connectivity index (χ3v) is 6.23. The number of benzene rings is 1. The van der Waals surface area contributed by atoms with E-state index in [0.717, 1.165) is 19.3 Å². The highest BCUT2D eigenvalue weighted by Crippen LogP contribution is 2.30. The molecule has 1 fully saturated rings. The molecule has 0 saturated carbocycles.